The number of carbonyl (C=O) groups excluding carboxylic acids is 1. The van der Waals surface area contributed by atoms with Crippen LogP contribution in [-0.4, -0.2) is 37.2 Å². The molecule has 7 heteroatoms. The van der Waals surface area contributed by atoms with Crippen LogP contribution in [0, 0.1) is 0 Å². The zero-order valence-electron chi connectivity index (χ0n) is 12.2. The molecule has 4 aromatic rings. The summed E-state index contributed by atoms with van der Waals surface area (Å²) in [6.07, 6.45) is 4.61. The monoisotopic (exact) mass is 306 g/mol. The Bertz CT molecular complexity index is 953. The van der Waals surface area contributed by atoms with Crippen LogP contribution in [0.1, 0.15) is 16.1 Å². The predicted octanol–water partition coefficient (Wildman–Crippen LogP) is 1.58. The number of nitrogens with one attached hydrogen (secondary N) is 2. The molecular formula is C16H14N6O. The van der Waals surface area contributed by atoms with Crippen LogP contribution in [-0.2, 0) is 6.42 Å². The fourth-order valence-corrected chi connectivity index (χ4v) is 2.50. The number of hydrogen-bond donors (Lipinski definition) is 2. The highest BCUT2D eigenvalue weighted by molar-refractivity contribution is 5.97. The number of H-pyrrole nitrogens is 1. The number of fused-ring (bicyclic) bond motifs is 2. The minimum absolute atomic E-state index is 0.126. The largest absolute Gasteiger partial charge is 0.352 e. The van der Waals surface area contributed by atoms with Crippen LogP contribution >= 0.6 is 0 Å². The van der Waals surface area contributed by atoms with E-state index in [-0.39, 0.29) is 5.91 Å². The topological polar surface area (TPSA) is 88.0 Å². The van der Waals surface area contributed by atoms with Gasteiger partial charge in [-0.25, -0.2) is 4.98 Å². The van der Waals surface area contributed by atoms with Gasteiger partial charge in [-0.3, -0.25) is 4.79 Å². The predicted molar refractivity (Wildman–Crippen MR) is 85.1 cm³/mol. The number of rotatable bonds is 4. The van der Waals surface area contributed by atoms with E-state index in [2.05, 4.69) is 25.7 Å². The van der Waals surface area contributed by atoms with Gasteiger partial charge in [0.2, 0.25) is 0 Å². The first-order valence-electron chi connectivity index (χ1n) is 7.31. The molecule has 0 radical (unpaired) electrons. The van der Waals surface area contributed by atoms with Gasteiger partial charge in [0.25, 0.3) is 5.91 Å². The highest BCUT2D eigenvalue weighted by atomic mass is 16.1. The van der Waals surface area contributed by atoms with Crippen LogP contribution in [0.5, 0.6) is 0 Å². The molecule has 0 saturated heterocycles. The average molecular weight is 306 g/mol. The smallest absolute Gasteiger partial charge is 0.251 e. The van der Waals surface area contributed by atoms with Crippen LogP contribution in [0.25, 0.3) is 16.7 Å². The zero-order valence-corrected chi connectivity index (χ0v) is 12.2. The molecule has 3 aromatic heterocycles. The quantitative estimate of drug-likeness (QED) is 0.599. The van der Waals surface area contributed by atoms with Gasteiger partial charge >= 0.3 is 0 Å². The molecule has 7 nitrogen and oxygen atoms in total. The van der Waals surface area contributed by atoms with Gasteiger partial charge in [0.05, 0.1) is 5.69 Å². The zero-order chi connectivity index (χ0) is 15.6. The van der Waals surface area contributed by atoms with Gasteiger partial charge in [-0.1, -0.05) is 6.07 Å². The Labute approximate surface area is 131 Å². The van der Waals surface area contributed by atoms with Crippen LogP contribution in [0.15, 0.2) is 48.8 Å². The molecule has 23 heavy (non-hydrogen) atoms. The SMILES string of the molecule is O=C(NCCc1cn2ccccc2n1)c1ccc2n[nH]nc2c1. The van der Waals surface area contributed by atoms with Crippen molar-refractivity contribution in [1.82, 2.24) is 30.1 Å². The maximum Gasteiger partial charge on any atom is 0.251 e. The maximum atomic E-state index is 12.2. The van der Waals surface area contributed by atoms with Crippen LogP contribution in [0.2, 0.25) is 0 Å². The molecule has 2 N–H and O–H groups in total. The van der Waals surface area contributed by atoms with Gasteiger partial charge in [0.15, 0.2) is 0 Å². The fraction of sp³-hybridized carbons (Fsp3) is 0.125. The molecule has 0 saturated carbocycles. The number of nitrogens with zero attached hydrogens (tertiary/aromatic N) is 4. The molecule has 0 spiro atoms. The number of benzene rings is 1. The average Bonchev–Trinajstić information content (AvgIpc) is 3.19. The Kier molecular flexibility index (Phi) is 3.23. The Morgan fingerprint density at radius 1 is 1.17 bits per heavy atom. The molecule has 0 aliphatic heterocycles. The summed E-state index contributed by atoms with van der Waals surface area (Å²) >= 11 is 0. The third kappa shape index (κ3) is 2.64. The molecule has 1 aromatic carbocycles. The van der Waals surface area contributed by atoms with Crippen molar-refractivity contribution in [3.63, 3.8) is 0 Å². The van der Waals surface area contributed by atoms with Crippen molar-refractivity contribution in [1.29, 1.82) is 0 Å². The van der Waals surface area contributed by atoms with E-state index >= 15 is 0 Å². The molecule has 3 heterocycles. The molecule has 4 rings (SSSR count). The van der Waals surface area contributed by atoms with Gasteiger partial charge < -0.3 is 9.72 Å². The van der Waals surface area contributed by atoms with E-state index < -0.39 is 0 Å². The lowest BCUT2D eigenvalue weighted by Crippen LogP contribution is -2.25. The third-order valence-corrected chi connectivity index (χ3v) is 3.66. The molecule has 0 aliphatic carbocycles. The summed E-state index contributed by atoms with van der Waals surface area (Å²) in [5.74, 6) is -0.126. The Morgan fingerprint density at radius 2 is 2.09 bits per heavy atom. The fourth-order valence-electron chi connectivity index (χ4n) is 2.50. The van der Waals surface area contributed by atoms with Gasteiger partial charge in [0, 0.05) is 30.9 Å². The minimum atomic E-state index is -0.126. The number of hydrogen-bond acceptors (Lipinski definition) is 4. The van der Waals surface area contributed by atoms with Gasteiger partial charge in [0.1, 0.15) is 16.7 Å². The Hall–Kier alpha value is -3.22. The summed E-state index contributed by atoms with van der Waals surface area (Å²) in [4.78, 5) is 16.7. The molecule has 0 aliphatic rings. The highest BCUT2D eigenvalue weighted by Gasteiger charge is 2.08. The first-order chi connectivity index (χ1) is 11.3. The van der Waals surface area contributed by atoms with Gasteiger partial charge in [-0.15, -0.1) is 0 Å². The van der Waals surface area contributed by atoms with E-state index in [1.807, 2.05) is 35.0 Å². The van der Waals surface area contributed by atoms with Crippen LogP contribution in [0.4, 0.5) is 0 Å². The Balaban J connectivity index is 1.40. The number of aromatic nitrogens is 5. The normalized spacial score (nSPS) is 11.1. The summed E-state index contributed by atoms with van der Waals surface area (Å²) in [7, 11) is 0. The molecule has 114 valence electrons. The number of imidazole rings is 1. The van der Waals surface area contributed by atoms with E-state index in [1.165, 1.54) is 0 Å². The van der Waals surface area contributed by atoms with Crippen molar-refractivity contribution in [2.24, 2.45) is 0 Å². The molecular weight excluding hydrogens is 292 g/mol. The van der Waals surface area contributed by atoms with E-state index in [9.17, 15) is 4.79 Å². The third-order valence-electron chi connectivity index (χ3n) is 3.66. The van der Waals surface area contributed by atoms with Crippen molar-refractivity contribution in [3.8, 4) is 0 Å². The number of carbonyl (C=O) groups is 1. The van der Waals surface area contributed by atoms with Crippen molar-refractivity contribution in [3.05, 3.63) is 60.0 Å². The van der Waals surface area contributed by atoms with E-state index in [4.69, 9.17) is 0 Å². The van der Waals surface area contributed by atoms with Crippen molar-refractivity contribution >= 4 is 22.6 Å². The van der Waals surface area contributed by atoms with Crippen molar-refractivity contribution < 1.29 is 4.79 Å². The second-order valence-electron chi connectivity index (χ2n) is 5.23. The lowest BCUT2D eigenvalue weighted by atomic mass is 10.2. The standard InChI is InChI=1S/C16H14N6O/c23-16(11-4-5-13-14(9-11)20-21-19-13)17-7-6-12-10-22-8-2-1-3-15(22)18-12/h1-5,8-10H,6-7H2,(H,17,23)(H,19,20,21). The first kappa shape index (κ1) is 13.4. The molecule has 1 amide bonds. The number of amides is 1. The summed E-state index contributed by atoms with van der Waals surface area (Å²) in [6, 6.07) is 11.1. The Morgan fingerprint density at radius 3 is 3.00 bits per heavy atom. The highest BCUT2D eigenvalue weighted by Crippen LogP contribution is 2.10. The van der Waals surface area contributed by atoms with E-state index in [0.717, 1.165) is 16.9 Å². The van der Waals surface area contributed by atoms with Crippen molar-refractivity contribution in [2.75, 3.05) is 6.54 Å². The second-order valence-corrected chi connectivity index (χ2v) is 5.23. The second kappa shape index (κ2) is 5.53. The molecule has 0 fully saturated rings. The number of pyridine rings is 1. The maximum absolute atomic E-state index is 12.2. The van der Waals surface area contributed by atoms with Crippen LogP contribution in [0.3, 0.4) is 0 Å². The minimum Gasteiger partial charge on any atom is -0.352 e. The molecule has 0 unspecified atom stereocenters. The lowest BCUT2D eigenvalue weighted by molar-refractivity contribution is 0.0954. The summed E-state index contributed by atoms with van der Waals surface area (Å²) < 4.78 is 1.97. The van der Waals surface area contributed by atoms with E-state index in [1.54, 1.807) is 18.2 Å². The van der Waals surface area contributed by atoms with Gasteiger partial charge in [-0.05, 0) is 30.3 Å². The molecule has 0 bridgehead atoms. The van der Waals surface area contributed by atoms with Crippen molar-refractivity contribution in [2.45, 2.75) is 6.42 Å². The van der Waals surface area contributed by atoms with E-state index in [0.29, 0.717) is 24.0 Å². The summed E-state index contributed by atoms with van der Waals surface area (Å²) in [6.45, 7) is 0.527. The van der Waals surface area contributed by atoms with Gasteiger partial charge in [-0.2, -0.15) is 15.4 Å². The number of aromatic amines is 1. The summed E-state index contributed by atoms with van der Waals surface area (Å²) in [5.41, 5.74) is 3.85. The first-order valence-corrected chi connectivity index (χ1v) is 7.31. The van der Waals surface area contributed by atoms with Crippen LogP contribution < -0.4 is 5.32 Å². The lowest BCUT2D eigenvalue weighted by Gasteiger charge is -2.03. The molecule has 0 atom stereocenters. The summed E-state index contributed by atoms with van der Waals surface area (Å²) in [5, 5.41) is 13.4.